The van der Waals surface area contributed by atoms with Crippen molar-refractivity contribution in [1.82, 2.24) is 9.69 Å². The maximum absolute atomic E-state index is 14.0. The molecule has 3 aromatic rings. The van der Waals surface area contributed by atoms with Crippen LogP contribution in [0.25, 0.3) is 0 Å². The normalized spacial score (nSPS) is 11.9. The topological polar surface area (TPSA) is 145 Å². The van der Waals surface area contributed by atoms with Gasteiger partial charge >= 0.3 is 0 Å². The van der Waals surface area contributed by atoms with E-state index in [-0.39, 0.29) is 16.3 Å². The lowest BCUT2D eigenvalue weighted by molar-refractivity contribution is -0.122. The molecule has 35 heavy (non-hydrogen) atoms. The molecule has 2 aromatic heterocycles. The smallest absolute Gasteiger partial charge is 0.273 e. The Hall–Kier alpha value is -3.66. The molecule has 0 fully saturated rings. The van der Waals surface area contributed by atoms with Crippen LogP contribution >= 0.6 is 11.5 Å². The number of hydrogen-bond acceptors (Lipinski definition) is 7. The second kappa shape index (κ2) is 11.2. The van der Waals surface area contributed by atoms with Gasteiger partial charge in [0.05, 0.1) is 5.69 Å². The van der Waals surface area contributed by atoms with Gasteiger partial charge in [-0.1, -0.05) is 39.0 Å². The summed E-state index contributed by atoms with van der Waals surface area (Å²) >= 11 is 0.771. The lowest BCUT2D eigenvalue weighted by Gasteiger charge is -2.31. The first-order chi connectivity index (χ1) is 16.6. The van der Waals surface area contributed by atoms with Crippen molar-refractivity contribution in [2.75, 3.05) is 17.2 Å². The average molecular weight is 498 g/mol. The van der Waals surface area contributed by atoms with E-state index in [9.17, 15) is 14.4 Å². The first-order valence-corrected chi connectivity index (χ1v) is 12.2. The number of nitrogen functional groups attached to an aromatic ring is 1. The molecule has 0 radical (unpaired) electrons. The quantitative estimate of drug-likeness (QED) is 0.388. The second-order valence-corrected chi connectivity index (χ2v) is 9.39. The van der Waals surface area contributed by atoms with Gasteiger partial charge in [0.25, 0.3) is 17.7 Å². The first-order valence-electron chi connectivity index (χ1n) is 11.5. The van der Waals surface area contributed by atoms with Gasteiger partial charge in [0.2, 0.25) is 0 Å². The van der Waals surface area contributed by atoms with Crippen LogP contribution in [0, 0.1) is 12.8 Å². The van der Waals surface area contributed by atoms with Crippen LogP contribution in [0.15, 0.2) is 40.8 Å². The van der Waals surface area contributed by atoms with E-state index in [1.165, 1.54) is 4.90 Å². The number of nitrogens with two attached hydrogens (primary N) is 2. The van der Waals surface area contributed by atoms with E-state index < -0.39 is 23.8 Å². The Labute approximate surface area is 208 Å². The average Bonchev–Trinajstić information content (AvgIpc) is 3.41. The fourth-order valence-corrected chi connectivity index (χ4v) is 4.45. The molecular formula is C25H31N5O4S. The lowest BCUT2D eigenvalue weighted by atomic mass is 10.0. The minimum Gasteiger partial charge on any atom is -0.464 e. The standard InChI is InChI=1S/C25H31N5O4S/c1-5-16-8-6-7-9-17(16)30(25(33)22-19(26)20(23(27)31)29-35-22)21(18-11-10-15(4)34-18)24(32)28-13-12-14(2)3/h6-11,14,21H,5,12-13,26H2,1-4H3,(H2,27,31)(H,28,32)/t21-/m0/s1. The van der Waals surface area contributed by atoms with Crippen LogP contribution in [0.3, 0.4) is 0 Å². The number of nitrogens with one attached hydrogen (secondary N) is 1. The van der Waals surface area contributed by atoms with Crippen LogP contribution < -0.4 is 21.7 Å². The molecule has 0 aliphatic rings. The van der Waals surface area contributed by atoms with Crippen molar-refractivity contribution >= 4 is 40.6 Å². The summed E-state index contributed by atoms with van der Waals surface area (Å²) in [6, 6.07) is 9.63. The molecule has 10 heteroatoms. The summed E-state index contributed by atoms with van der Waals surface area (Å²) in [6.45, 7) is 8.30. The van der Waals surface area contributed by atoms with Crippen molar-refractivity contribution in [1.29, 1.82) is 0 Å². The van der Waals surface area contributed by atoms with E-state index in [1.807, 2.05) is 19.1 Å². The Kier molecular flexibility index (Phi) is 8.29. The number of carbonyl (C=O) groups is 3. The minimum absolute atomic E-state index is 0.0213. The monoisotopic (exact) mass is 497 g/mol. The molecule has 0 saturated heterocycles. The van der Waals surface area contributed by atoms with Crippen molar-refractivity contribution < 1.29 is 18.8 Å². The molecule has 2 heterocycles. The maximum atomic E-state index is 14.0. The Balaban J connectivity index is 2.18. The van der Waals surface area contributed by atoms with Crippen LogP contribution in [0.4, 0.5) is 11.4 Å². The van der Waals surface area contributed by atoms with E-state index in [0.717, 1.165) is 23.5 Å². The zero-order valence-corrected chi connectivity index (χ0v) is 21.1. The number of aryl methyl sites for hydroxylation is 2. The summed E-state index contributed by atoms with van der Waals surface area (Å²) < 4.78 is 9.83. The Morgan fingerprint density at radius 3 is 2.46 bits per heavy atom. The molecule has 3 amide bonds. The molecule has 0 aliphatic heterocycles. The molecule has 0 aliphatic carbocycles. The highest BCUT2D eigenvalue weighted by Gasteiger charge is 2.38. The van der Waals surface area contributed by atoms with Gasteiger partial charge < -0.3 is 21.2 Å². The summed E-state index contributed by atoms with van der Waals surface area (Å²) in [5.74, 6) is -0.499. The molecule has 186 valence electrons. The molecule has 3 rings (SSSR count). The number of benzene rings is 1. The van der Waals surface area contributed by atoms with Gasteiger partial charge in [-0.25, -0.2) is 0 Å². The fraction of sp³-hybridized carbons (Fsp3) is 0.360. The van der Waals surface area contributed by atoms with Gasteiger partial charge in [0.1, 0.15) is 16.4 Å². The first kappa shape index (κ1) is 26.0. The number of carbonyl (C=O) groups excluding carboxylic acids is 3. The molecule has 5 N–H and O–H groups in total. The number of anilines is 2. The highest BCUT2D eigenvalue weighted by molar-refractivity contribution is 7.09. The predicted octanol–water partition coefficient (Wildman–Crippen LogP) is 3.84. The molecule has 0 spiro atoms. The molecule has 1 aromatic carbocycles. The van der Waals surface area contributed by atoms with E-state index in [1.54, 1.807) is 31.2 Å². The summed E-state index contributed by atoms with van der Waals surface area (Å²) in [5, 5.41) is 2.94. The maximum Gasteiger partial charge on any atom is 0.273 e. The number of para-hydroxylation sites is 1. The summed E-state index contributed by atoms with van der Waals surface area (Å²) in [5.41, 5.74) is 12.6. The van der Waals surface area contributed by atoms with Crippen LogP contribution in [0.5, 0.6) is 0 Å². The zero-order valence-electron chi connectivity index (χ0n) is 20.3. The van der Waals surface area contributed by atoms with E-state index in [4.69, 9.17) is 15.9 Å². The van der Waals surface area contributed by atoms with Crippen LogP contribution in [0.1, 0.15) is 70.5 Å². The van der Waals surface area contributed by atoms with E-state index in [0.29, 0.717) is 36.1 Å². The highest BCUT2D eigenvalue weighted by atomic mass is 32.1. The number of rotatable bonds is 10. The Morgan fingerprint density at radius 1 is 1.17 bits per heavy atom. The van der Waals surface area contributed by atoms with Crippen molar-refractivity contribution in [3.8, 4) is 0 Å². The van der Waals surface area contributed by atoms with E-state index >= 15 is 0 Å². The largest absolute Gasteiger partial charge is 0.464 e. The third kappa shape index (κ3) is 5.71. The number of primary amides is 1. The van der Waals surface area contributed by atoms with Crippen LogP contribution in [-0.4, -0.2) is 28.6 Å². The highest BCUT2D eigenvalue weighted by Crippen LogP contribution is 2.35. The van der Waals surface area contributed by atoms with Crippen molar-refractivity contribution in [3.05, 3.63) is 64.1 Å². The second-order valence-electron chi connectivity index (χ2n) is 8.62. The van der Waals surface area contributed by atoms with Gasteiger partial charge in [-0.3, -0.25) is 19.3 Å². The number of furan rings is 1. The number of aromatic nitrogens is 1. The fourth-order valence-electron chi connectivity index (χ4n) is 3.70. The van der Waals surface area contributed by atoms with Gasteiger partial charge in [-0.2, -0.15) is 4.37 Å². The van der Waals surface area contributed by atoms with Crippen LogP contribution in [0.2, 0.25) is 0 Å². The molecular weight excluding hydrogens is 466 g/mol. The van der Waals surface area contributed by atoms with E-state index in [2.05, 4.69) is 23.5 Å². The van der Waals surface area contributed by atoms with Gasteiger partial charge in [0.15, 0.2) is 11.7 Å². The molecule has 9 nitrogen and oxygen atoms in total. The Morgan fingerprint density at radius 2 is 1.89 bits per heavy atom. The summed E-state index contributed by atoms with van der Waals surface area (Å²) in [4.78, 5) is 40.7. The van der Waals surface area contributed by atoms with Gasteiger partial charge in [0, 0.05) is 12.2 Å². The third-order valence-electron chi connectivity index (χ3n) is 5.56. The molecule has 1 atom stereocenters. The van der Waals surface area contributed by atoms with Crippen molar-refractivity contribution in [2.24, 2.45) is 11.7 Å². The van der Waals surface area contributed by atoms with Crippen LogP contribution in [-0.2, 0) is 11.2 Å². The van der Waals surface area contributed by atoms with Gasteiger partial charge in [-0.05, 0) is 61.0 Å². The summed E-state index contributed by atoms with van der Waals surface area (Å²) in [7, 11) is 0. The molecule has 0 bridgehead atoms. The lowest BCUT2D eigenvalue weighted by Crippen LogP contribution is -2.44. The Bertz CT molecular complexity index is 1220. The van der Waals surface area contributed by atoms with Gasteiger partial charge in [-0.15, -0.1) is 0 Å². The summed E-state index contributed by atoms with van der Waals surface area (Å²) in [6.07, 6.45) is 1.39. The van der Waals surface area contributed by atoms with Crippen molar-refractivity contribution in [2.45, 2.75) is 46.6 Å². The molecule has 0 unspecified atom stereocenters. The predicted molar refractivity (Wildman–Crippen MR) is 136 cm³/mol. The molecule has 0 saturated carbocycles. The number of amides is 3. The minimum atomic E-state index is -1.12. The van der Waals surface area contributed by atoms with Crippen molar-refractivity contribution in [3.63, 3.8) is 0 Å². The number of hydrogen-bond donors (Lipinski definition) is 3. The number of nitrogens with zero attached hydrogens (tertiary/aromatic N) is 2. The zero-order chi connectivity index (χ0) is 25.7. The SMILES string of the molecule is CCc1ccccc1N(C(=O)c1snc(C(N)=O)c1N)[C@H](C(=O)NCCC(C)C)c1ccc(C)o1. The third-order valence-corrected chi connectivity index (χ3v) is 6.42.